The van der Waals surface area contributed by atoms with Gasteiger partial charge in [-0.15, -0.1) is 0 Å². The van der Waals surface area contributed by atoms with E-state index < -0.39 is 17.7 Å². The molecule has 0 radical (unpaired) electrons. The zero-order valence-corrected chi connectivity index (χ0v) is 22.1. The van der Waals surface area contributed by atoms with Crippen LogP contribution in [0, 0.1) is 13.8 Å². The summed E-state index contributed by atoms with van der Waals surface area (Å²) in [5, 5.41) is 8.94. The molecular weight excluding hydrogens is 521 g/mol. The monoisotopic (exact) mass is 548 g/mol. The molecule has 40 heavy (non-hydrogen) atoms. The Balaban J connectivity index is 1.68. The molecule has 0 aliphatic carbocycles. The van der Waals surface area contributed by atoms with Crippen LogP contribution in [0.25, 0.3) is 11.1 Å². The second kappa shape index (κ2) is 11.7. The number of ketones is 1. The summed E-state index contributed by atoms with van der Waals surface area (Å²) >= 11 is 0. The summed E-state index contributed by atoms with van der Waals surface area (Å²) in [5.74, 6) is 0.328. The van der Waals surface area contributed by atoms with Crippen molar-refractivity contribution in [2.75, 3.05) is 0 Å². The molecule has 0 aliphatic heterocycles. The fourth-order valence-corrected chi connectivity index (χ4v) is 4.38. The van der Waals surface area contributed by atoms with Crippen molar-refractivity contribution < 1.29 is 37.3 Å². The van der Waals surface area contributed by atoms with Gasteiger partial charge in [-0.25, -0.2) is 0 Å². The highest BCUT2D eigenvalue weighted by molar-refractivity contribution is 6.01. The van der Waals surface area contributed by atoms with Crippen LogP contribution in [0.15, 0.2) is 78.9 Å². The van der Waals surface area contributed by atoms with Crippen LogP contribution in [0.4, 0.5) is 13.2 Å². The number of rotatable bonds is 9. The molecule has 1 N–H and O–H groups in total. The Bertz CT molecular complexity index is 1570. The highest BCUT2D eigenvalue weighted by atomic mass is 19.4. The molecule has 0 unspecified atom stereocenters. The van der Waals surface area contributed by atoms with Crippen LogP contribution in [0.3, 0.4) is 0 Å². The van der Waals surface area contributed by atoms with E-state index in [0.29, 0.717) is 29.2 Å². The SMILES string of the molecule is CC(=O)c1ccccc1-c1cc(C(F)(F)F)ccc1Oc1cc(C)cc(Oc2ccc(CCC(=O)O)c(C)c2)c1. The maximum Gasteiger partial charge on any atom is 0.416 e. The number of benzene rings is 4. The number of hydrogen-bond acceptors (Lipinski definition) is 4. The van der Waals surface area contributed by atoms with Crippen LogP contribution in [-0.4, -0.2) is 16.9 Å². The van der Waals surface area contributed by atoms with Crippen molar-refractivity contribution in [2.45, 2.75) is 39.8 Å². The number of ether oxygens (including phenoxy) is 2. The van der Waals surface area contributed by atoms with E-state index in [1.165, 1.54) is 13.0 Å². The molecule has 0 bridgehead atoms. The summed E-state index contributed by atoms with van der Waals surface area (Å²) in [5.41, 5.74) is 2.48. The van der Waals surface area contributed by atoms with Crippen LogP contribution < -0.4 is 9.47 Å². The third-order valence-corrected chi connectivity index (χ3v) is 6.31. The van der Waals surface area contributed by atoms with Gasteiger partial charge in [0.1, 0.15) is 23.0 Å². The lowest BCUT2D eigenvalue weighted by atomic mass is 9.95. The molecule has 0 aromatic heterocycles. The third kappa shape index (κ3) is 6.88. The van der Waals surface area contributed by atoms with Crippen molar-refractivity contribution >= 4 is 11.8 Å². The molecular formula is C32H27F3O5. The van der Waals surface area contributed by atoms with Crippen LogP contribution in [0.1, 0.15) is 46.0 Å². The topological polar surface area (TPSA) is 72.8 Å². The number of carbonyl (C=O) groups excluding carboxylic acids is 1. The van der Waals surface area contributed by atoms with Crippen molar-refractivity contribution in [1.29, 1.82) is 0 Å². The fourth-order valence-electron chi connectivity index (χ4n) is 4.38. The molecule has 4 aromatic rings. The summed E-state index contributed by atoms with van der Waals surface area (Å²) in [6.45, 7) is 5.07. The van der Waals surface area contributed by atoms with Crippen LogP contribution >= 0.6 is 0 Å². The smallest absolute Gasteiger partial charge is 0.416 e. The first kappa shape index (κ1) is 28.4. The number of aryl methyl sites for hydroxylation is 3. The third-order valence-electron chi connectivity index (χ3n) is 6.31. The molecule has 0 saturated carbocycles. The van der Waals surface area contributed by atoms with Gasteiger partial charge in [-0.1, -0.05) is 30.3 Å². The highest BCUT2D eigenvalue weighted by Gasteiger charge is 2.32. The van der Waals surface area contributed by atoms with Crippen molar-refractivity contribution in [3.63, 3.8) is 0 Å². The predicted octanol–water partition coefficient (Wildman–Crippen LogP) is 8.79. The lowest BCUT2D eigenvalue weighted by molar-refractivity contribution is -0.138. The second-order valence-corrected chi connectivity index (χ2v) is 9.48. The number of Topliss-reactive ketones (excluding diaryl/α,β-unsaturated/α-hetero) is 1. The minimum Gasteiger partial charge on any atom is -0.481 e. The van der Waals surface area contributed by atoms with E-state index in [4.69, 9.17) is 14.6 Å². The van der Waals surface area contributed by atoms with Crippen LogP contribution in [0.5, 0.6) is 23.0 Å². The van der Waals surface area contributed by atoms with Crippen molar-refractivity contribution in [1.82, 2.24) is 0 Å². The Morgan fingerprint density at radius 2 is 1.50 bits per heavy atom. The van der Waals surface area contributed by atoms with E-state index in [-0.39, 0.29) is 29.1 Å². The van der Waals surface area contributed by atoms with E-state index in [1.807, 2.05) is 26.0 Å². The number of hydrogen-bond donors (Lipinski definition) is 1. The molecule has 0 atom stereocenters. The van der Waals surface area contributed by atoms with Gasteiger partial charge >= 0.3 is 12.1 Å². The van der Waals surface area contributed by atoms with E-state index in [0.717, 1.165) is 28.8 Å². The van der Waals surface area contributed by atoms with Gasteiger partial charge in [-0.3, -0.25) is 9.59 Å². The molecule has 4 rings (SSSR count). The van der Waals surface area contributed by atoms with Crippen molar-refractivity contribution in [3.8, 4) is 34.1 Å². The molecule has 0 heterocycles. The summed E-state index contributed by atoms with van der Waals surface area (Å²) in [7, 11) is 0. The fraction of sp³-hybridized carbons (Fsp3) is 0.188. The molecule has 206 valence electrons. The van der Waals surface area contributed by atoms with Gasteiger partial charge in [0.05, 0.1) is 5.56 Å². The molecule has 0 amide bonds. The van der Waals surface area contributed by atoms with Gasteiger partial charge in [0.2, 0.25) is 0 Å². The number of alkyl halides is 3. The number of carboxylic acids is 1. The summed E-state index contributed by atoms with van der Waals surface area (Å²) in [4.78, 5) is 23.2. The maximum absolute atomic E-state index is 13.6. The van der Waals surface area contributed by atoms with Gasteiger partial charge < -0.3 is 14.6 Å². The van der Waals surface area contributed by atoms with E-state index >= 15 is 0 Å². The molecule has 4 aromatic carbocycles. The first-order valence-electron chi connectivity index (χ1n) is 12.5. The minimum atomic E-state index is -4.58. The summed E-state index contributed by atoms with van der Waals surface area (Å²) in [6, 6.07) is 20.2. The number of aliphatic carboxylic acids is 1. The van der Waals surface area contributed by atoms with Gasteiger partial charge in [0, 0.05) is 23.6 Å². The van der Waals surface area contributed by atoms with Crippen LogP contribution in [-0.2, 0) is 17.4 Å². The molecule has 0 spiro atoms. The molecule has 0 aliphatic rings. The molecule has 0 fully saturated rings. The minimum absolute atomic E-state index is 0.0302. The van der Waals surface area contributed by atoms with Gasteiger partial charge in [0.25, 0.3) is 0 Å². The zero-order valence-electron chi connectivity index (χ0n) is 22.1. The normalized spacial score (nSPS) is 11.2. The Labute approximate surface area is 229 Å². The number of halogens is 3. The first-order chi connectivity index (χ1) is 18.9. The quantitative estimate of drug-likeness (QED) is 0.212. The summed E-state index contributed by atoms with van der Waals surface area (Å²) in [6.07, 6.45) is -4.14. The standard InChI is InChI=1S/C32H27F3O5/c1-19-14-25(39-24-11-8-22(20(2)16-24)9-13-31(37)38)18-26(15-19)40-30-12-10-23(32(33,34)35)17-29(30)28-7-5-4-6-27(28)21(3)36/h4-8,10-12,14-18H,9,13H2,1-3H3,(H,37,38). The zero-order chi connectivity index (χ0) is 29.0. The second-order valence-electron chi connectivity index (χ2n) is 9.48. The lowest BCUT2D eigenvalue weighted by Crippen LogP contribution is -2.06. The highest BCUT2D eigenvalue weighted by Crippen LogP contribution is 2.41. The maximum atomic E-state index is 13.6. The lowest BCUT2D eigenvalue weighted by Gasteiger charge is -2.17. The first-order valence-corrected chi connectivity index (χ1v) is 12.5. The van der Waals surface area contributed by atoms with Crippen molar-refractivity contribution in [3.05, 3.63) is 107 Å². The average molecular weight is 549 g/mol. The van der Waals surface area contributed by atoms with E-state index in [2.05, 4.69) is 0 Å². The predicted molar refractivity (Wildman–Crippen MR) is 145 cm³/mol. The Morgan fingerprint density at radius 1 is 0.800 bits per heavy atom. The van der Waals surface area contributed by atoms with Gasteiger partial charge in [-0.05, 0) is 91.9 Å². The summed E-state index contributed by atoms with van der Waals surface area (Å²) < 4.78 is 52.9. The Morgan fingerprint density at radius 3 is 2.15 bits per heavy atom. The van der Waals surface area contributed by atoms with E-state index in [9.17, 15) is 22.8 Å². The van der Waals surface area contributed by atoms with Crippen molar-refractivity contribution in [2.24, 2.45) is 0 Å². The van der Waals surface area contributed by atoms with Gasteiger partial charge in [-0.2, -0.15) is 13.2 Å². The Hall–Kier alpha value is -4.59. The van der Waals surface area contributed by atoms with E-state index in [1.54, 1.807) is 48.5 Å². The molecule has 5 nitrogen and oxygen atoms in total. The molecule has 8 heteroatoms. The van der Waals surface area contributed by atoms with Crippen LogP contribution in [0.2, 0.25) is 0 Å². The molecule has 0 saturated heterocycles. The number of carbonyl (C=O) groups is 2. The Kier molecular flexibility index (Phi) is 8.28. The largest absolute Gasteiger partial charge is 0.481 e. The van der Waals surface area contributed by atoms with Gasteiger partial charge in [0.15, 0.2) is 5.78 Å². The average Bonchev–Trinajstić information content (AvgIpc) is 2.87. The number of carboxylic acid groups (broad SMARTS) is 1.